The topological polar surface area (TPSA) is 55.4 Å². The van der Waals surface area contributed by atoms with Crippen LogP contribution in [0.4, 0.5) is 18.0 Å². The van der Waals surface area contributed by atoms with Gasteiger partial charge in [-0.15, -0.1) is 0 Å². The molecule has 0 aliphatic heterocycles. The third-order valence-electron chi connectivity index (χ3n) is 4.41. The van der Waals surface area contributed by atoms with Gasteiger partial charge in [-0.05, 0) is 57.2 Å². The van der Waals surface area contributed by atoms with Crippen LogP contribution in [0.5, 0.6) is 0 Å². The number of rotatable bonds is 2. The number of alkyl halides is 3. The summed E-state index contributed by atoms with van der Waals surface area (Å²) in [5, 5.41) is 2.65. The Labute approximate surface area is 151 Å². The molecule has 26 heavy (non-hydrogen) atoms. The van der Waals surface area contributed by atoms with E-state index in [-0.39, 0.29) is 18.1 Å². The van der Waals surface area contributed by atoms with Crippen molar-refractivity contribution < 1.29 is 27.5 Å². The fourth-order valence-corrected chi connectivity index (χ4v) is 3.22. The highest BCUT2D eigenvalue weighted by molar-refractivity contribution is 5.93. The Kier molecular flexibility index (Phi) is 5.40. The van der Waals surface area contributed by atoms with E-state index in [0.29, 0.717) is 18.4 Å². The number of amides is 1. The lowest BCUT2D eigenvalue weighted by Gasteiger charge is -2.40. The van der Waals surface area contributed by atoms with Crippen LogP contribution in [0, 0.1) is 5.92 Å². The van der Waals surface area contributed by atoms with Crippen LogP contribution >= 0.6 is 0 Å². The van der Waals surface area contributed by atoms with Gasteiger partial charge in [0.05, 0.1) is 5.56 Å². The van der Waals surface area contributed by atoms with Crippen molar-refractivity contribution in [2.75, 3.05) is 0 Å². The van der Waals surface area contributed by atoms with E-state index in [1.165, 1.54) is 12.1 Å². The van der Waals surface area contributed by atoms with Gasteiger partial charge in [-0.3, -0.25) is 4.79 Å². The van der Waals surface area contributed by atoms with Crippen molar-refractivity contribution in [2.24, 2.45) is 5.92 Å². The molecule has 1 aromatic carbocycles. The molecule has 2 atom stereocenters. The number of carbonyl (C=O) groups is 2. The monoisotopic (exact) mass is 371 g/mol. The van der Waals surface area contributed by atoms with Crippen LogP contribution in [0.15, 0.2) is 24.3 Å². The number of benzene rings is 1. The highest BCUT2D eigenvalue weighted by Gasteiger charge is 2.46. The predicted octanol–water partition coefficient (Wildman–Crippen LogP) is 4.81. The number of ketones is 1. The molecule has 0 aromatic heterocycles. The van der Waals surface area contributed by atoms with Crippen LogP contribution in [0.3, 0.4) is 0 Å². The number of hydrogen-bond acceptors (Lipinski definition) is 3. The number of halogens is 3. The van der Waals surface area contributed by atoms with E-state index in [2.05, 4.69) is 5.32 Å². The summed E-state index contributed by atoms with van der Waals surface area (Å²) in [6.07, 6.45) is -3.99. The maximum Gasteiger partial charge on any atom is 0.416 e. The van der Waals surface area contributed by atoms with Gasteiger partial charge < -0.3 is 10.1 Å². The molecule has 1 aromatic rings. The molecule has 7 heteroatoms. The average molecular weight is 371 g/mol. The summed E-state index contributed by atoms with van der Waals surface area (Å²) in [6, 6.07) is 4.38. The van der Waals surface area contributed by atoms with Gasteiger partial charge >= 0.3 is 12.3 Å². The quantitative estimate of drug-likeness (QED) is 0.811. The van der Waals surface area contributed by atoms with E-state index in [4.69, 9.17) is 4.74 Å². The molecule has 1 amide bonds. The summed E-state index contributed by atoms with van der Waals surface area (Å²) >= 11 is 0. The van der Waals surface area contributed by atoms with E-state index in [0.717, 1.165) is 12.1 Å². The maximum absolute atomic E-state index is 12.8. The standard InChI is InChI=1S/C19H24F3NO3/c1-12-5-10-15(24)18(11-12,23-16(25)26-17(2,3)4)13-6-8-14(9-7-13)19(20,21)22/h6-9,12H,5,10-11H2,1-4H3,(H,23,25). The SMILES string of the molecule is CC1CCC(=O)C(NC(=O)OC(C)(C)C)(c2ccc(C(F)(F)F)cc2)C1. The van der Waals surface area contributed by atoms with Crippen molar-refractivity contribution in [1.29, 1.82) is 0 Å². The third-order valence-corrected chi connectivity index (χ3v) is 4.41. The average Bonchev–Trinajstić information content (AvgIpc) is 2.48. The first kappa shape index (κ1) is 20.3. The Bertz CT molecular complexity index is 677. The smallest absolute Gasteiger partial charge is 0.416 e. The van der Waals surface area contributed by atoms with Crippen LogP contribution in [0.2, 0.25) is 0 Å². The fraction of sp³-hybridized carbons (Fsp3) is 0.579. The van der Waals surface area contributed by atoms with E-state index in [1.807, 2.05) is 6.92 Å². The summed E-state index contributed by atoms with van der Waals surface area (Å²) in [5.41, 5.74) is -2.59. The fourth-order valence-electron chi connectivity index (χ4n) is 3.22. The minimum absolute atomic E-state index is 0.130. The molecule has 0 radical (unpaired) electrons. The Balaban J connectivity index is 2.41. The summed E-state index contributed by atoms with van der Waals surface area (Å²) in [6.45, 7) is 7.04. The molecule has 144 valence electrons. The first-order valence-electron chi connectivity index (χ1n) is 8.56. The molecule has 2 unspecified atom stereocenters. The maximum atomic E-state index is 12.8. The van der Waals surface area contributed by atoms with Crippen molar-refractivity contribution in [3.63, 3.8) is 0 Å². The molecule has 1 aliphatic rings. The van der Waals surface area contributed by atoms with E-state index in [9.17, 15) is 22.8 Å². The second-order valence-corrected chi connectivity index (χ2v) is 7.88. The van der Waals surface area contributed by atoms with Gasteiger partial charge in [-0.1, -0.05) is 19.1 Å². The zero-order valence-electron chi connectivity index (χ0n) is 15.4. The first-order valence-corrected chi connectivity index (χ1v) is 8.56. The molecular weight excluding hydrogens is 347 g/mol. The molecule has 0 spiro atoms. The van der Waals surface area contributed by atoms with E-state index < -0.39 is 29.0 Å². The van der Waals surface area contributed by atoms with Crippen LogP contribution in [-0.2, 0) is 21.2 Å². The molecule has 1 aliphatic carbocycles. The minimum atomic E-state index is -4.46. The van der Waals surface area contributed by atoms with Crippen LogP contribution in [-0.4, -0.2) is 17.5 Å². The first-order chi connectivity index (χ1) is 11.8. The Hall–Kier alpha value is -2.05. The number of carbonyl (C=O) groups excluding carboxylic acids is 2. The summed E-state index contributed by atoms with van der Waals surface area (Å²) in [4.78, 5) is 25.1. The number of ether oxygens (including phenoxy) is 1. The second kappa shape index (κ2) is 6.93. The van der Waals surface area contributed by atoms with Gasteiger partial charge in [0.25, 0.3) is 0 Å². The van der Waals surface area contributed by atoms with Gasteiger partial charge in [-0.2, -0.15) is 13.2 Å². The van der Waals surface area contributed by atoms with Crippen LogP contribution < -0.4 is 5.32 Å². The van der Waals surface area contributed by atoms with E-state index >= 15 is 0 Å². The lowest BCUT2D eigenvalue weighted by atomic mass is 9.71. The largest absolute Gasteiger partial charge is 0.444 e. The molecule has 0 bridgehead atoms. The lowest BCUT2D eigenvalue weighted by molar-refractivity contribution is -0.137. The van der Waals surface area contributed by atoms with Gasteiger partial charge in [0.1, 0.15) is 11.1 Å². The second-order valence-electron chi connectivity index (χ2n) is 7.88. The van der Waals surface area contributed by atoms with Crippen LogP contribution in [0.1, 0.15) is 58.1 Å². The van der Waals surface area contributed by atoms with Gasteiger partial charge in [0.2, 0.25) is 0 Å². The summed E-state index contributed by atoms with van der Waals surface area (Å²) < 4.78 is 43.8. The Morgan fingerprint density at radius 1 is 1.19 bits per heavy atom. The molecule has 1 saturated carbocycles. The Morgan fingerprint density at radius 2 is 1.77 bits per heavy atom. The molecule has 2 rings (SSSR count). The highest BCUT2D eigenvalue weighted by Crippen LogP contribution is 2.39. The molecule has 0 heterocycles. The number of alkyl carbamates (subject to hydrolysis) is 1. The third kappa shape index (κ3) is 4.56. The van der Waals surface area contributed by atoms with Crippen molar-refractivity contribution in [1.82, 2.24) is 5.32 Å². The lowest BCUT2D eigenvalue weighted by Crippen LogP contribution is -2.55. The highest BCUT2D eigenvalue weighted by atomic mass is 19.4. The summed E-state index contributed by atoms with van der Waals surface area (Å²) in [7, 11) is 0. The predicted molar refractivity (Wildman–Crippen MR) is 90.5 cm³/mol. The zero-order chi connectivity index (χ0) is 19.8. The van der Waals surface area contributed by atoms with Crippen molar-refractivity contribution in [2.45, 2.75) is 64.3 Å². The number of hydrogen-bond donors (Lipinski definition) is 1. The molecule has 1 N–H and O–H groups in total. The van der Waals surface area contributed by atoms with Crippen molar-refractivity contribution >= 4 is 11.9 Å². The molecule has 0 saturated heterocycles. The molecule has 1 fully saturated rings. The van der Waals surface area contributed by atoms with Gasteiger partial charge in [0.15, 0.2) is 5.78 Å². The van der Waals surface area contributed by atoms with Crippen LogP contribution in [0.25, 0.3) is 0 Å². The zero-order valence-corrected chi connectivity index (χ0v) is 15.4. The normalized spacial score (nSPS) is 24.3. The van der Waals surface area contributed by atoms with E-state index in [1.54, 1.807) is 20.8 Å². The number of Topliss-reactive ketones (excluding diaryl/α,β-unsaturated/α-hetero) is 1. The molecular formula is C19H24F3NO3. The van der Waals surface area contributed by atoms with Crippen molar-refractivity contribution in [3.8, 4) is 0 Å². The summed E-state index contributed by atoms with van der Waals surface area (Å²) in [5.74, 6) is -0.0915. The minimum Gasteiger partial charge on any atom is -0.444 e. The molecule has 4 nitrogen and oxygen atoms in total. The van der Waals surface area contributed by atoms with Crippen molar-refractivity contribution in [3.05, 3.63) is 35.4 Å². The van der Waals surface area contributed by atoms with Gasteiger partial charge in [-0.25, -0.2) is 4.79 Å². The Morgan fingerprint density at radius 3 is 2.27 bits per heavy atom. The number of nitrogens with one attached hydrogen (secondary N) is 1. The van der Waals surface area contributed by atoms with Gasteiger partial charge in [0, 0.05) is 6.42 Å².